The number of alkyl halides is 3. The number of hydrogen-bond donors (Lipinski definition) is 0. The van der Waals surface area contributed by atoms with Crippen LogP contribution in [0.15, 0.2) is 45.6 Å². The minimum atomic E-state index is -4.98. The van der Waals surface area contributed by atoms with Gasteiger partial charge in [0.25, 0.3) is 5.76 Å². The zero-order valence-electron chi connectivity index (χ0n) is 17.4. The fraction of sp³-hybridized carbons (Fsp3) is 0.304. The zero-order chi connectivity index (χ0) is 23.3. The van der Waals surface area contributed by atoms with Crippen LogP contribution in [0.5, 0.6) is 17.2 Å². The molecule has 5 rings (SSSR count). The molecule has 2 heterocycles. The Morgan fingerprint density at radius 1 is 1.12 bits per heavy atom. The van der Waals surface area contributed by atoms with Crippen molar-refractivity contribution < 1.29 is 36.6 Å². The second-order valence-electron chi connectivity index (χ2n) is 7.88. The minimum absolute atomic E-state index is 0.0378. The molecule has 1 aromatic heterocycles. The van der Waals surface area contributed by atoms with Gasteiger partial charge in [-0.25, -0.2) is 4.79 Å². The Morgan fingerprint density at radius 2 is 1.85 bits per heavy atom. The van der Waals surface area contributed by atoms with Crippen molar-refractivity contribution in [3.8, 4) is 17.2 Å². The molecule has 1 aliphatic carbocycles. The Hall–Kier alpha value is -3.53. The van der Waals surface area contributed by atoms with Crippen molar-refractivity contribution in [1.29, 1.82) is 0 Å². The Morgan fingerprint density at radius 3 is 2.48 bits per heavy atom. The summed E-state index contributed by atoms with van der Waals surface area (Å²) in [6.07, 6.45) is -3.00. The fourth-order valence-electron chi connectivity index (χ4n) is 3.81. The third kappa shape index (κ3) is 3.91. The van der Waals surface area contributed by atoms with E-state index >= 15 is 0 Å². The molecule has 2 aliphatic rings. The molecule has 0 bridgehead atoms. The van der Waals surface area contributed by atoms with Crippen molar-refractivity contribution in [2.75, 3.05) is 13.8 Å². The van der Waals surface area contributed by atoms with Gasteiger partial charge in [-0.15, -0.1) is 0 Å². The molecule has 172 valence electrons. The molecule has 1 fully saturated rings. The molecule has 0 spiro atoms. The quantitative estimate of drug-likeness (QED) is 0.521. The van der Waals surface area contributed by atoms with E-state index in [0.717, 1.165) is 12.8 Å². The maximum absolute atomic E-state index is 13.9. The van der Waals surface area contributed by atoms with Crippen LogP contribution in [-0.2, 0) is 17.5 Å². The van der Waals surface area contributed by atoms with Crippen LogP contribution in [-0.4, -0.2) is 30.8 Å². The van der Waals surface area contributed by atoms with E-state index in [2.05, 4.69) is 4.74 Å². The summed E-state index contributed by atoms with van der Waals surface area (Å²) in [5.41, 5.74) is -0.531. The molecular formula is C23H18F3NO6. The van der Waals surface area contributed by atoms with Gasteiger partial charge >= 0.3 is 12.1 Å². The number of fused-ring (bicyclic) bond motifs is 3. The first-order valence-electron chi connectivity index (χ1n) is 10.2. The second kappa shape index (κ2) is 7.80. The maximum atomic E-state index is 13.9. The number of hydrogen-bond acceptors (Lipinski definition) is 7. The van der Waals surface area contributed by atoms with Crippen molar-refractivity contribution in [2.24, 2.45) is 0 Å². The van der Waals surface area contributed by atoms with Crippen LogP contribution in [0.1, 0.15) is 34.5 Å². The molecule has 2 aromatic carbocycles. The van der Waals surface area contributed by atoms with Crippen LogP contribution >= 0.6 is 0 Å². The van der Waals surface area contributed by atoms with E-state index in [0.29, 0.717) is 30.6 Å². The number of benzene rings is 2. The predicted octanol–water partition coefficient (Wildman–Crippen LogP) is 4.71. The van der Waals surface area contributed by atoms with E-state index in [1.54, 1.807) is 6.07 Å². The van der Waals surface area contributed by atoms with Gasteiger partial charge in [-0.3, -0.25) is 9.69 Å². The molecule has 0 radical (unpaired) electrons. The highest BCUT2D eigenvalue weighted by Crippen LogP contribution is 2.42. The van der Waals surface area contributed by atoms with Crippen LogP contribution < -0.4 is 14.9 Å². The number of carbonyl (C=O) groups excluding carboxylic acids is 1. The number of carbonyl (C=O) groups is 1. The van der Waals surface area contributed by atoms with Gasteiger partial charge in [-0.1, -0.05) is 0 Å². The number of methoxy groups -OCH3 is 1. The topological polar surface area (TPSA) is 78.2 Å². The molecule has 7 nitrogen and oxygen atoms in total. The first kappa shape index (κ1) is 21.3. The predicted molar refractivity (Wildman–Crippen MR) is 109 cm³/mol. The summed E-state index contributed by atoms with van der Waals surface area (Å²) in [5.74, 6) is -2.80. The van der Waals surface area contributed by atoms with Gasteiger partial charge in [-0.05, 0) is 49.2 Å². The SMILES string of the molecule is COC(=O)c1ccc(Oc2c(C(F)(F)F)oc3c4c(ccc3c2=O)OCN(C2CC2)C4)cc1. The highest BCUT2D eigenvalue weighted by molar-refractivity contribution is 5.89. The monoisotopic (exact) mass is 461 g/mol. The van der Waals surface area contributed by atoms with Gasteiger partial charge < -0.3 is 18.6 Å². The standard InChI is InChI=1S/C23H18F3NO6/c1-30-22(29)12-2-6-14(7-3-12)32-20-18(28)15-8-9-17-16(10-27(11-31-17)13-4-5-13)19(15)33-21(20)23(24,25)26/h2-3,6-9,13H,4-5,10-11H2,1H3. The third-order valence-electron chi connectivity index (χ3n) is 5.64. The summed E-state index contributed by atoms with van der Waals surface area (Å²) in [4.78, 5) is 26.7. The van der Waals surface area contributed by atoms with Crippen molar-refractivity contribution >= 4 is 16.9 Å². The van der Waals surface area contributed by atoms with E-state index < -0.39 is 29.1 Å². The molecule has 0 unspecified atom stereocenters. The normalized spacial score (nSPS) is 16.2. The van der Waals surface area contributed by atoms with Crippen molar-refractivity contribution in [3.63, 3.8) is 0 Å². The largest absolute Gasteiger partial charge is 0.478 e. The first-order valence-corrected chi connectivity index (χ1v) is 10.2. The summed E-state index contributed by atoms with van der Waals surface area (Å²) in [7, 11) is 1.20. The van der Waals surface area contributed by atoms with Gasteiger partial charge in [0.15, 0.2) is 0 Å². The maximum Gasteiger partial charge on any atom is 0.453 e. The number of ether oxygens (including phenoxy) is 3. The van der Waals surface area contributed by atoms with E-state index in [9.17, 15) is 22.8 Å². The first-order chi connectivity index (χ1) is 15.8. The molecule has 3 aromatic rings. The van der Waals surface area contributed by atoms with Gasteiger partial charge in [0.1, 0.15) is 23.8 Å². The van der Waals surface area contributed by atoms with Gasteiger partial charge in [0, 0.05) is 12.6 Å². The summed E-state index contributed by atoms with van der Waals surface area (Å²) in [5, 5.41) is -0.0378. The van der Waals surface area contributed by atoms with Crippen LogP contribution in [0.25, 0.3) is 11.0 Å². The summed E-state index contributed by atoms with van der Waals surface area (Å²) >= 11 is 0. The summed E-state index contributed by atoms with van der Waals surface area (Å²) in [6, 6.07) is 8.42. The van der Waals surface area contributed by atoms with E-state index in [1.165, 1.54) is 37.4 Å². The zero-order valence-corrected chi connectivity index (χ0v) is 17.4. The van der Waals surface area contributed by atoms with Crippen LogP contribution in [0.3, 0.4) is 0 Å². The third-order valence-corrected chi connectivity index (χ3v) is 5.64. The van der Waals surface area contributed by atoms with E-state index in [-0.39, 0.29) is 22.3 Å². The minimum Gasteiger partial charge on any atom is -0.478 e. The van der Waals surface area contributed by atoms with Crippen molar-refractivity contribution in [1.82, 2.24) is 4.90 Å². The molecule has 33 heavy (non-hydrogen) atoms. The Balaban J connectivity index is 1.61. The van der Waals surface area contributed by atoms with Crippen LogP contribution in [0, 0.1) is 0 Å². The molecule has 1 saturated carbocycles. The van der Waals surface area contributed by atoms with Gasteiger partial charge in [-0.2, -0.15) is 13.2 Å². The van der Waals surface area contributed by atoms with Crippen LogP contribution in [0.2, 0.25) is 0 Å². The Labute approximate surface area is 185 Å². The lowest BCUT2D eigenvalue weighted by atomic mass is 10.1. The molecule has 0 atom stereocenters. The lowest BCUT2D eigenvalue weighted by Crippen LogP contribution is -2.34. The lowest BCUT2D eigenvalue weighted by molar-refractivity contribution is -0.154. The average molecular weight is 461 g/mol. The van der Waals surface area contributed by atoms with Crippen molar-refractivity contribution in [3.05, 3.63) is 63.5 Å². The molecule has 10 heteroatoms. The molecule has 0 amide bonds. The number of rotatable bonds is 4. The Bertz CT molecular complexity index is 1290. The van der Waals surface area contributed by atoms with E-state index in [4.69, 9.17) is 13.9 Å². The van der Waals surface area contributed by atoms with Crippen LogP contribution in [0.4, 0.5) is 13.2 Å². The average Bonchev–Trinajstić information content (AvgIpc) is 3.65. The van der Waals surface area contributed by atoms with Gasteiger partial charge in [0.05, 0.1) is 23.6 Å². The number of nitrogens with zero attached hydrogens (tertiary/aromatic N) is 1. The molecule has 0 saturated heterocycles. The molecular weight excluding hydrogens is 443 g/mol. The summed E-state index contributed by atoms with van der Waals surface area (Å²) in [6.45, 7) is 0.662. The Kier molecular flexibility index (Phi) is 5.04. The number of esters is 1. The number of halogens is 3. The smallest absolute Gasteiger partial charge is 0.453 e. The molecule has 0 N–H and O–H groups in total. The highest BCUT2D eigenvalue weighted by Gasteiger charge is 2.41. The second-order valence-corrected chi connectivity index (χ2v) is 7.88. The fourth-order valence-corrected chi connectivity index (χ4v) is 3.81. The van der Waals surface area contributed by atoms with E-state index in [1.807, 2.05) is 4.90 Å². The van der Waals surface area contributed by atoms with Gasteiger partial charge in [0.2, 0.25) is 11.2 Å². The highest BCUT2D eigenvalue weighted by atomic mass is 19.4. The summed E-state index contributed by atoms with van der Waals surface area (Å²) < 4.78 is 62.6. The van der Waals surface area contributed by atoms with Crippen molar-refractivity contribution in [2.45, 2.75) is 31.6 Å². The molecule has 1 aliphatic heterocycles. The lowest BCUT2D eigenvalue weighted by Gasteiger charge is -2.29.